The third-order valence-corrected chi connectivity index (χ3v) is 2.87. The topological polar surface area (TPSA) is 55.1 Å². The molecule has 1 aromatic rings. The fraction of sp³-hybridized carbons (Fsp3) is 0.462. The highest BCUT2D eigenvalue weighted by molar-refractivity contribution is 6.31. The molecular formula is C13H19ClN2O. The fourth-order valence-corrected chi connectivity index (χ4v) is 1.71. The number of rotatable bonds is 6. The van der Waals surface area contributed by atoms with Crippen LogP contribution in [0.2, 0.25) is 5.02 Å². The van der Waals surface area contributed by atoms with Crippen molar-refractivity contribution in [1.29, 1.82) is 0 Å². The maximum absolute atomic E-state index is 11.5. The van der Waals surface area contributed by atoms with E-state index in [-0.39, 0.29) is 11.9 Å². The molecule has 1 rings (SSSR count). The Morgan fingerprint density at radius 1 is 1.47 bits per heavy atom. The van der Waals surface area contributed by atoms with E-state index in [0.717, 1.165) is 18.4 Å². The van der Waals surface area contributed by atoms with Crippen LogP contribution in [0.1, 0.15) is 31.7 Å². The highest BCUT2D eigenvalue weighted by Crippen LogP contribution is 2.14. The van der Waals surface area contributed by atoms with Crippen LogP contribution < -0.4 is 11.1 Å². The van der Waals surface area contributed by atoms with Crippen LogP contribution in [0.25, 0.3) is 0 Å². The van der Waals surface area contributed by atoms with Crippen molar-refractivity contribution in [1.82, 2.24) is 5.32 Å². The first kappa shape index (κ1) is 14.0. The molecule has 3 N–H and O–H groups in total. The van der Waals surface area contributed by atoms with Gasteiger partial charge in [-0.3, -0.25) is 4.79 Å². The molecule has 4 heteroatoms. The minimum Gasteiger partial charge on any atom is -0.352 e. The van der Waals surface area contributed by atoms with E-state index in [2.05, 4.69) is 5.32 Å². The van der Waals surface area contributed by atoms with Crippen molar-refractivity contribution in [3.8, 4) is 0 Å². The van der Waals surface area contributed by atoms with E-state index in [4.69, 9.17) is 17.3 Å². The summed E-state index contributed by atoms with van der Waals surface area (Å²) in [6.45, 7) is 2.43. The normalized spacial score (nSPS) is 12.2. The van der Waals surface area contributed by atoms with Crippen molar-refractivity contribution < 1.29 is 4.79 Å². The maximum atomic E-state index is 11.5. The highest BCUT2D eigenvalue weighted by Gasteiger charge is 2.04. The van der Waals surface area contributed by atoms with Crippen LogP contribution in [0.4, 0.5) is 0 Å². The van der Waals surface area contributed by atoms with E-state index in [1.807, 2.05) is 31.2 Å². The first-order valence-electron chi connectivity index (χ1n) is 5.85. The van der Waals surface area contributed by atoms with Gasteiger partial charge in [0.05, 0.1) is 0 Å². The Hall–Kier alpha value is -1.06. The number of halogens is 1. The van der Waals surface area contributed by atoms with Crippen LogP contribution in [0.5, 0.6) is 0 Å². The van der Waals surface area contributed by atoms with Gasteiger partial charge in [-0.15, -0.1) is 0 Å². The van der Waals surface area contributed by atoms with Crippen LogP contribution in [0.3, 0.4) is 0 Å². The molecule has 0 heterocycles. The average Bonchev–Trinajstić information content (AvgIpc) is 2.27. The minimum atomic E-state index is 0.0468. The van der Waals surface area contributed by atoms with Gasteiger partial charge >= 0.3 is 0 Å². The molecule has 1 amide bonds. The molecular weight excluding hydrogens is 236 g/mol. The van der Waals surface area contributed by atoms with E-state index in [9.17, 15) is 4.79 Å². The quantitative estimate of drug-likeness (QED) is 0.820. The zero-order valence-corrected chi connectivity index (χ0v) is 10.8. The number of benzene rings is 1. The van der Waals surface area contributed by atoms with Crippen LogP contribution in [-0.2, 0) is 11.3 Å². The summed E-state index contributed by atoms with van der Waals surface area (Å²) in [5, 5.41) is 3.53. The number of carbonyl (C=O) groups is 1. The molecule has 0 spiro atoms. The van der Waals surface area contributed by atoms with Crippen molar-refractivity contribution in [3.63, 3.8) is 0 Å². The van der Waals surface area contributed by atoms with Crippen LogP contribution in [0, 0.1) is 0 Å². The van der Waals surface area contributed by atoms with Gasteiger partial charge in [-0.1, -0.05) is 29.8 Å². The molecule has 0 aromatic heterocycles. The third-order valence-electron chi connectivity index (χ3n) is 2.50. The summed E-state index contributed by atoms with van der Waals surface area (Å²) in [6, 6.07) is 7.66. The maximum Gasteiger partial charge on any atom is 0.220 e. The Morgan fingerprint density at radius 3 is 2.82 bits per heavy atom. The highest BCUT2D eigenvalue weighted by atomic mass is 35.5. The minimum absolute atomic E-state index is 0.0468. The largest absolute Gasteiger partial charge is 0.352 e. The third kappa shape index (κ3) is 5.71. The summed E-state index contributed by atoms with van der Waals surface area (Å²) in [6.07, 6.45) is 2.22. The van der Waals surface area contributed by atoms with E-state index < -0.39 is 0 Å². The van der Waals surface area contributed by atoms with E-state index in [0.29, 0.717) is 18.0 Å². The molecule has 0 fully saturated rings. The lowest BCUT2D eigenvalue weighted by Crippen LogP contribution is -2.23. The zero-order valence-electron chi connectivity index (χ0n) is 10.1. The lowest BCUT2D eigenvalue weighted by molar-refractivity contribution is -0.121. The van der Waals surface area contributed by atoms with Crippen LogP contribution >= 0.6 is 11.6 Å². The van der Waals surface area contributed by atoms with Gasteiger partial charge in [0.25, 0.3) is 0 Å². The first-order valence-corrected chi connectivity index (χ1v) is 6.23. The molecule has 3 nitrogen and oxygen atoms in total. The average molecular weight is 255 g/mol. The molecule has 1 atom stereocenters. The van der Waals surface area contributed by atoms with E-state index in [1.54, 1.807) is 0 Å². The zero-order chi connectivity index (χ0) is 12.7. The monoisotopic (exact) mass is 254 g/mol. The molecule has 94 valence electrons. The molecule has 0 radical (unpaired) electrons. The van der Waals surface area contributed by atoms with Gasteiger partial charge in [0.15, 0.2) is 0 Å². The van der Waals surface area contributed by atoms with Crippen LogP contribution in [-0.4, -0.2) is 11.9 Å². The molecule has 0 saturated heterocycles. The Kier molecular flexibility index (Phi) is 6.01. The summed E-state index contributed by atoms with van der Waals surface area (Å²) in [7, 11) is 0. The Labute approximate surface area is 107 Å². The summed E-state index contributed by atoms with van der Waals surface area (Å²) < 4.78 is 0. The van der Waals surface area contributed by atoms with Gasteiger partial charge in [0.2, 0.25) is 5.91 Å². The molecule has 0 aliphatic rings. The summed E-state index contributed by atoms with van der Waals surface area (Å²) in [5.74, 6) is 0.0468. The molecule has 0 saturated carbocycles. The predicted octanol–water partition coefficient (Wildman–Crippen LogP) is 2.47. The molecule has 0 bridgehead atoms. The Balaban J connectivity index is 2.26. The van der Waals surface area contributed by atoms with Gasteiger partial charge in [-0.2, -0.15) is 0 Å². The lowest BCUT2D eigenvalue weighted by atomic mass is 10.1. The fourth-order valence-electron chi connectivity index (χ4n) is 1.51. The lowest BCUT2D eigenvalue weighted by Gasteiger charge is -2.07. The number of carbonyl (C=O) groups excluding carboxylic acids is 1. The number of amides is 1. The van der Waals surface area contributed by atoms with Crippen LogP contribution in [0.15, 0.2) is 24.3 Å². The smallest absolute Gasteiger partial charge is 0.220 e. The van der Waals surface area contributed by atoms with E-state index >= 15 is 0 Å². The number of hydrogen-bond donors (Lipinski definition) is 2. The molecule has 17 heavy (non-hydrogen) atoms. The predicted molar refractivity (Wildman–Crippen MR) is 70.8 cm³/mol. The van der Waals surface area contributed by atoms with Crippen molar-refractivity contribution in [3.05, 3.63) is 34.9 Å². The van der Waals surface area contributed by atoms with Gasteiger partial charge in [-0.25, -0.2) is 0 Å². The second kappa shape index (κ2) is 7.30. The second-order valence-electron chi connectivity index (χ2n) is 4.24. The number of hydrogen-bond acceptors (Lipinski definition) is 2. The standard InChI is InChI=1S/C13H19ClN2O/c1-10(15)5-4-8-13(17)16-9-11-6-2-3-7-12(11)14/h2-3,6-7,10H,4-5,8-9,15H2,1H3,(H,16,17). The SMILES string of the molecule is CC(N)CCCC(=O)NCc1ccccc1Cl. The van der Waals surface area contributed by atoms with Crippen molar-refractivity contribution in [2.75, 3.05) is 0 Å². The first-order chi connectivity index (χ1) is 8.09. The summed E-state index contributed by atoms with van der Waals surface area (Å²) in [5.41, 5.74) is 6.55. The molecule has 0 aliphatic heterocycles. The van der Waals surface area contributed by atoms with Crippen molar-refractivity contribution in [2.24, 2.45) is 5.73 Å². The second-order valence-corrected chi connectivity index (χ2v) is 4.64. The summed E-state index contributed by atoms with van der Waals surface area (Å²) in [4.78, 5) is 11.5. The number of nitrogens with one attached hydrogen (secondary N) is 1. The van der Waals surface area contributed by atoms with Gasteiger partial charge in [-0.05, 0) is 31.4 Å². The molecule has 1 unspecified atom stereocenters. The van der Waals surface area contributed by atoms with Gasteiger partial charge < -0.3 is 11.1 Å². The van der Waals surface area contributed by atoms with Crippen molar-refractivity contribution in [2.45, 2.75) is 38.8 Å². The molecule has 0 aliphatic carbocycles. The van der Waals surface area contributed by atoms with Gasteiger partial charge in [0, 0.05) is 24.0 Å². The van der Waals surface area contributed by atoms with Crippen molar-refractivity contribution >= 4 is 17.5 Å². The molecule has 1 aromatic carbocycles. The Morgan fingerprint density at radius 2 is 2.18 bits per heavy atom. The number of nitrogens with two attached hydrogens (primary N) is 1. The van der Waals surface area contributed by atoms with Gasteiger partial charge in [0.1, 0.15) is 0 Å². The Bertz CT molecular complexity index is 366. The summed E-state index contributed by atoms with van der Waals surface area (Å²) >= 11 is 5.99. The van der Waals surface area contributed by atoms with E-state index in [1.165, 1.54) is 0 Å².